The van der Waals surface area contributed by atoms with E-state index in [4.69, 9.17) is 0 Å². The van der Waals surface area contributed by atoms with Crippen LogP contribution in [0.3, 0.4) is 0 Å². The van der Waals surface area contributed by atoms with E-state index in [1.54, 1.807) is 4.90 Å². The van der Waals surface area contributed by atoms with Gasteiger partial charge in [0.1, 0.15) is 6.04 Å². The molecule has 5 heteroatoms. The van der Waals surface area contributed by atoms with Gasteiger partial charge in [0.2, 0.25) is 11.8 Å². The summed E-state index contributed by atoms with van der Waals surface area (Å²) in [4.78, 5) is 44.5. The van der Waals surface area contributed by atoms with Crippen LogP contribution in [0.25, 0.3) is 0 Å². The zero-order valence-electron chi connectivity index (χ0n) is 22.8. The van der Waals surface area contributed by atoms with Gasteiger partial charge in [0.15, 0.2) is 5.78 Å². The first kappa shape index (κ1) is 27.1. The Morgan fingerprint density at radius 1 is 0.700 bits per heavy atom. The highest BCUT2D eigenvalue weighted by Crippen LogP contribution is 2.51. The second-order valence-corrected chi connectivity index (χ2v) is 10.6. The van der Waals surface area contributed by atoms with Gasteiger partial charge in [0.05, 0.1) is 18.4 Å². The van der Waals surface area contributed by atoms with Crippen LogP contribution in [-0.2, 0) is 16.0 Å². The van der Waals surface area contributed by atoms with Gasteiger partial charge in [0.25, 0.3) is 0 Å². The maximum atomic E-state index is 14.5. The molecule has 1 heterocycles. The molecule has 0 aliphatic carbocycles. The van der Waals surface area contributed by atoms with Gasteiger partial charge < -0.3 is 10.2 Å². The Balaban J connectivity index is 1.73. The molecule has 4 atom stereocenters. The van der Waals surface area contributed by atoms with E-state index in [2.05, 4.69) is 5.32 Å². The molecule has 2 amide bonds. The van der Waals surface area contributed by atoms with Gasteiger partial charge in [-0.2, -0.15) is 0 Å². The average molecular weight is 531 g/mol. The predicted molar refractivity (Wildman–Crippen MR) is 157 cm³/mol. The second-order valence-electron chi connectivity index (χ2n) is 10.6. The van der Waals surface area contributed by atoms with Crippen molar-refractivity contribution in [1.82, 2.24) is 10.2 Å². The van der Waals surface area contributed by atoms with Gasteiger partial charge in [0, 0.05) is 17.5 Å². The van der Waals surface area contributed by atoms with Crippen molar-refractivity contribution in [3.05, 3.63) is 144 Å². The van der Waals surface area contributed by atoms with Crippen molar-refractivity contribution in [2.45, 2.75) is 44.3 Å². The molecule has 202 valence electrons. The predicted octanol–water partition coefficient (Wildman–Crippen LogP) is 5.99. The maximum absolute atomic E-state index is 14.5. The summed E-state index contributed by atoms with van der Waals surface area (Å²) in [6, 6.07) is 36.4. The van der Waals surface area contributed by atoms with E-state index in [0.29, 0.717) is 5.56 Å². The summed E-state index contributed by atoms with van der Waals surface area (Å²) in [5.41, 5.74) is 3.11. The zero-order chi connectivity index (χ0) is 28.1. The molecule has 0 bridgehead atoms. The van der Waals surface area contributed by atoms with E-state index in [0.717, 1.165) is 16.7 Å². The van der Waals surface area contributed by atoms with Crippen molar-refractivity contribution in [2.24, 2.45) is 5.92 Å². The Hall–Kier alpha value is -4.51. The molecule has 1 N–H and O–H groups in total. The number of Topliss-reactive ketones (excluding diaryl/α,β-unsaturated/α-hetero) is 1. The van der Waals surface area contributed by atoms with Crippen LogP contribution in [0, 0.1) is 5.92 Å². The first-order chi connectivity index (χ1) is 19.5. The van der Waals surface area contributed by atoms with E-state index in [-0.39, 0.29) is 30.1 Å². The normalized spacial score (nSPS) is 20.3. The number of nitrogens with zero attached hydrogens (tertiary/aromatic N) is 1. The molecule has 1 saturated heterocycles. The molecule has 0 radical (unpaired) electrons. The standard InChI is InChI=1S/C35H34N2O3/c1-24(2)36-35(40)33-30(26-17-9-4-10-18-26)31(34(39)28-21-13-6-14-22-28)32(27-19-11-5-12-20-27)37(33)29(38)23-25-15-7-3-8-16-25/h3-22,24,30-33H,23H2,1-2H3,(H,36,40). The molecule has 1 aliphatic rings. The maximum Gasteiger partial charge on any atom is 0.243 e. The number of benzene rings is 4. The van der Waals surface area contributed by atoms with Crippen LogP contribution in [0.4, 0.5) is 0 Å². The van der Waals surface area contributed by atoms with Crippen molar-refractivity contribution >= 4 is 17.6 Å². The van der Waals surface area contributed by atoms with Crippen molar-refractivity contribution in [3.63, 3.8) is 0 Å². The SMILES string of the molecule is CC(C)NC(=O)C1C(c2ccccc2)C(C(=O)c2ccccc2)C(c2ccccc2)N1C(=O)Cc1ccccc1. The fraction of sp³-hybridized carbons (Fsp3) is 0.229. The molecule has 0 spiro atoms. The van der Waals surface area contributed by atoms with Gasteiger partial charge in [-0.3, -0.25) is 14.4 Å². The Kier molecular flexibility index (Phi) is 8.20. The fourth-order valence-electron chi connectivity index (χ4n) is 5.93. The fourth-order valence-corrected chi connectivity index (χ4v) is 5.93. The molecule has 1 aliphatic heterocycles. The summed E-state index contributed by atoms with van der Waals surface area (Å²) in [7, 11) is 0. The first-order valence-corrected chi connectivity index (χ1v) is 13.8. The lowest BCUT2D eigenvalue weighted by Crippen LogP contribution is -2.50. The zero-order valence-corrected chi connectivity index (χ0v) is 22.8. The van der Waals surface area contributed by atoms with Crippen LogP contribution in [0.15, 0.2) is 121 Å². The van der Waals surface area contributed by atoms with Crippen LogP contribution >= 0.6 is 0 Å². The van der Waals surface area contributed by atoms with Crippen molar-refractivity contribution in [1.29, 1.82) is 0 Å². The van der Waals surface area contributed by atoms with Gasteiger partial charge >= 0.3 is 0 Å². The largest absolute Gasteiger partial charge is 0.352 e. The van der Waals surface area contributed by atoms with E-state index >= 15 is 0 Å². The molecule has 5 rings (SSSR count). The highest BCUT2D eigenvalue weighted by Gasteiger charge is 2.57. The monoisotopic (exact) mass is 530 g/mol. The third-order valence-corrected chi connectivity index (χ3v) is 7.54. The Labute approximate surface area is 235 Å². The molecular weight excluding hydrogens is 496 g/mol. The minimum atomic E-state index is -0.871. The third-order valence-electron chi connectivity index (χ3n) is 7.54. The van der Waals surface area contributed by atoms with Crippen LogP contribution in [0.1, 0.15) is 52.9 Å². The Bertz CT molecular complexity index is 1440. The lowest BCUT2D eigenvalue weighted by Gasteiger charge is -2.32. The van der Waals surface area contributed by atoms with Crippen LogP contribution in [0.2, 0.25) is 0 Å². The number of carbonyl (C=O) groups excluding carboxylic acids is 3. The average Bonchev–Trinajstić information content (AvgIpc) is 3.35. The minimum absolute atomic E-state index is 0.0827. The van der Waals surface area contributed by atoms with Gasteiger partial charge in [-0.25, -0.2) is 0 Å². The molecule has 40 heavy (non-hydrogen) atoms. The van der Waals surface area contributed by atoms with E-state index in [1.807, 2.05) is 135 Å². The quantitative estimate of drug-likeness (QED) is 0.285. The summed E-state index contributed by atoms with van der Waals surface area (Å²) in [5.74, 6) is -1.74. The highest BCUT2D eigenvalue weighted by atomic mass is 16.2. The third kappa shape index (κ3) is 5.59. The van der Waals surface area contributed by atoms with Crippen molar-refractivity contribution in [2.75, 3.05) is 0 Å². The van der Waals surface area contributed by atoms with E-state index < -0.39 is 23.9 Å². The number of likely N-dealkylation sites (tertiary alicyclic amines) is 1. The summed E-state index contributed by atoms with van der Waals surface area (Å²) >= 11 is 0. The molecular formula is C35H34N2O3. The summed E-state index contributed by atoms with van der Waals surface area (Å²) in [5, 5.41) is 3.06. The number of hydrogen-bond acceptors (Lipinski definition) is 3. The summed E-state index contributed by atoms with van der Waals surface area (Å²) < 4.78 is 0. The summed E-state index contributed by atoms with van der Waals surface area (Å²) in [6.45, 7) is 3.81. The molecule has 0 aromatic heterocycles. The number of amides is 2. The minimum Gasteiger partial charge on any atom is -0.352 e. The molecule has 1 fully saturated rings. The highest BCUT2D eigenvalue weighted by molar-refractivity contribution is 6.02. The van der Waals surface area contributed by atoms with Crippen LogP contribution < -0.4 is 5.32 Å². The Morgan fingerprint density at radius 3 is 1.75 bits per heavy atom. The van der Waals surface area contributed by atoms with Gasteiger partial charge in [-0.05, 0) is 30.5 Å². The van der Waals surface area contributed by atoms with Gasteiger partial charge in [-0.1, -0.05) is 121 Å². The van der Waals surface area contributed by atoms with E-state index in [1.165, 1.54) is 0 Å². The molecule has 4 unspecified atom stereocenters. The lowest BCUT2D eigenvalue weighted by molar-refractivity contribution is -0.140. The van der Waals surface area contributed by atoms with Crippen LogP contribution in [-0.4, -0.2) is 34.6 Å². The summed E-state index contributed by atoms with van der Waals surface area (Å²) in [6.07, 6.45) is 0.128. The number of carbonyl (C=O) groups is 3. The number of hydrogen-bond donors (Lipinski definition) is 1. The molecule has 4 aromatic rings. The first-order valence-electron chi connectivity index (χ1n) is 13.8. The topological polar surface area (TPSA) is 66.5 Å². The smallest absolute Gasteiger partial charge is 0.243 e. The number of ketones is 1. The van der Waals surface area contributed by atoms with E-state index in [9.17, 15) is 14.4 Å². The number of nitrogens with one attached hydrogen (secondary N) is 1. The molecule has 4 aromatic carbocycles. The van der Waals surface area contributed by atoms with Gasteiger partial charge in [-0.15, -0.1) is 0 Å². The Morgan fingerprint density at radius 2 is 1.20 bits per heavy atom. The number of rotatable bonds is 8. The van der Waals surface area contributed by atoms with Crippen LogP contribution in [0.5, 0.6) is 0 Å². The lowest BCUT2D eigenvalue weighted by atomic mass is 9.76. The second kappa shape index (κ2) is 12.1. The molecule has 5 nitrogen and oxygen atoms in total. The molecule has 0 saturated carbocycles. The van der Waals surface area contributed by atoms with Crippen molar-refractivity contribution in [3.8, 4) is 0 Å². The van der Waals surface area contributed by atoms with Crippen molar-refractivity contribution < 1.29 is 14.4 Å².